The van der Waals surface area contributed by atoms with Crippen molar-refractivity contribution < 1.29 is 22.9 Å². The van der Waals surface area contributed by atoms with Gasteiger partial charge in [-0.15, -0.1) is 0 Å². The van der Waals surface area contributed by atoms with Gasteiger partial charge in [-0.2, -0.15) is 8.42 Å². The third-order valence-electron chi connectivity index (χ3n) is 2.21. The van der Waals surface area contributed by atoms with Crippen LogP contribution in [0.15, 0.2) is 10.1 Å². The molecular weight excluding hydrogens is 281 g/mol. The summed E-state index contributed by atoms with van der Waals surface area (Å²) in [4.78, 5) is 11.0. The molecule has 0 aromatic carbocycles. The van der Waals surface area contributed by atoms with Gasteiger partial charge in [-0.25, -0.2) is 4.79 Å². The summed E-state index contributed by atoms with van der Waals surface area (Å²) in [5, 5.41) is 15.3. The lowest BCUT2D eigenvalue weighted by Crippen LogP contribution is -2.50. The van der Waals surface area contributed by atoms with E-state index in [-0.39, 0.29) is 17.2 Å². The fraction of sp³-hybridized carbons (Fsp3) is 0.429. The minimum Gasteiger partial charge on any atom is -0.480 e. The second-order valence-electron chi connectivity index (χ2n) is 3.28. The summed E-state index contributed by atoms with van der Waals surface area (Å²) in [5.41, 5.74) is -0.227. The van der Waals surface area contributed by atoms with Gasteiger partial charge in [0.25, 0.3) is 10.1 Å². The summed E-state index contributed by atoms with van der Waals surface area (Å²) in [6.45, 7) is 0. The van der Waals surface area contributed by atoms with Gasteiger partial charge in [0.15, 0.2) is 0 Å². The highest BCUT2D eigenvalue weighted by Crippen LogP contribution is 2.41. The highest BCUT2D eigenvalue weighted by molar-refractivity contribution is 7.88. The molecule has 1 aliphatic rings. The number of halogens is 2. The fourth-order valence-electron chi connectivity index (χ4n) is 1.41. The highest BCUT2D eigenvalue weighted by atomic mass is 35.5. The van der Waals surface area contributed by atoms with Crippen molar-refractivity contribution >= 4 is 45.0 Å². The second kappa shape index (κ2) is 3.99. The van der Waals surface area contributed by atoms with Crippen molar-refractivity contribution in [2.75, 3.05) is 0 Å². The van der Waals surface area contributed by atoms with Gasteiger partial charge in [-0.05, 0) is 0 Å². The van der Waals surface area contributed by atoms with Gasteiger partial charge < -0.3 is 10.5 Å². The van der Waals surface area contributed by atoms with Crippen LogP contribution in [0.3, 0.4) is 0 Å². The standard InChI is InChI=1S/C7H7Cl2NO5S/c8-4-1-3(10)2-7(5(4)9,6(11)12)16(13,14)15/h10H,1-2H2,(H,11,12)(H,13,14,15). The second-order valence-corrected chi connectivity index (χ2v) is 5.76. The summed E-state index contributed by atoms with van der Waals surface area (Å²) >= 11 is 11.1. The van der Waals surface area contributed by atoms with Crippen molar-refractivity contribution in [2.24, 2.45) is 0 Å². The molecule has 0 aromatic heterocycles. The van der Waals surface area contributed by atoms with Gasteiger partial charge in [-0.1, -0.05) is 23.2 Å². The van der Waals surface area contributed by atoms with Crippen molar-refractivity contribution in [2.45, 2.75) is 17.6 Å². The zero-order valence-electron chi connectivity index (χ0n) is 7.70. The molecule has 90 valence electrons. The van der Waals surface area contributed by atoms with E-state index < -0.39 is 32.3 Å². The van der Waals surface area contributed by atoms with Crippen LogP contribution in [0.25, 0.3) is 0 Å². The Hall–Kier alpha value is -0.630. The smallest absolute Gasteiger partial charge is 0.333 e. The van der Waals surface area contributed by atoms with Crippen LogP contribution in [-0.2, 0) is 14.9 Å². The average Bonchev–Trinajstić information content (AvgIpc) is 2.08. The predicted molar refractivity (Wildman–Crippen MR) is 57.6 cm³/mol. The summed E-state index contributed by atoms with van der Waals surface area (Å²) in [6.07, 6.45) is -0.832. The molecule has 1 aliphatic carbocycles. The van der Waals surface area contributed by atoms with Crippen LogP contribution in [0.4, 0.5) is 0 Å². The zero-order valence-corrected chi connectivity index (χ0v) is 10.0. The third-order valence-corrected chi connectivity index (χ3v) is 4.70. The van der Waals surface area contributed by atoms with E-state index >= 15 is 0 Å². The van der Waals surface area contributed by atoms with E-state index in [1.165, 1.54) is 0 Å². The van der Waals surface area contributed by atoms with E-state index in [2.05, 4.69) is 0 Å². The number of carboxylic acids is 1. The molecule has 0 saturated carbocycles. The number of hydrogen-bond donors (Lipinski definition) is 3. The van der Waals surface area contributed by atoms with Crippen molar-refractivity contribution in [1.82, 2.24) is 0 Å². The molecule has 9 heteroatoms. The Morgan fingerprint density at radius 2 is 1.94 bits per heavy atom. The molecule has 0 heterocycles. The topological polar surface area (TPSA) is 116 Å². The molecule has 0 fully saturated rings. The Balaban J connectivity index is 3.61. The van der Waals surface area contributed by atoms with Crippen molar-refractivity contribution in [1.29, 1.82) is 5.41 Å². The summed E-state index contributed by atoms with van der Waals surface area (Å²) in [5.74, 6) is -1.86. The molecule has 0 saturated heterocycles. The molecule has 0 radical (unpaired) electrons. The monoisotopic (exact) mass is 287 g/mol. The number of allylic oxidation sites excluding steroid dienone is 1. The van der Waals surface area contributed by atoms with Crippen LogP contribution in [0.5, 0.6) is 0 Å². The minimum atomic E-state index is -5.02. The highest BCUT2D eigenvalue weighted by Gasteiger charge is 2.57. The van der Waals surface area contributed by atoms with Gasteiger partial charge in [0.05, 0.1) is 5.03 Å². The Morgan fingerprint density at radius 3 is 2.31 bits per heavy atom. The van der Waals surface area contributed by atoms with E-state index in [0.717, 1.165) is 0 Å². The summed E-state index contributed by atoms with van der Waals surface area (Å²) in [6, 6.07) is 0. The molecule has 3 N–H and O–H groups in total. The maximum absolute atomic E-state index is 11.2. The first-order valence-corrected chi connectivity index (χ1v) is 6.14. The first-order chi connectivity index (χ1) is 7.13. The zero-order chi connectivity index (χ0) is 12.7. The van der Waals surface area contributed by atoms with Gasteiger partial charge in [-0.3, -0.25) is 4.55 Å². The number of carbonyl (C=O) groups is 1. The van der Waals surface area contributed by atoms with Crippen LogP contribution >= 0.6 is 23.2 Å². The lowest BCUT2D eigenvalue weighted by molar-refractivity contribution is -0.138. The molecule has 6 nitrogen and oxygen atoms in total. The van der Waals surface area contributed by atoms with Crippen LogP contribution in [0.1, 0.15) is 12.8 Å². The summed E-state index contributed by atoms with van der Waals surface area (Å²) in [7, 11) is -5.02. The molecule has 1 rings (SSSR count). The summed E-state index contributed by atoms with van der Waals surface area (Å²) < 4.78 is 28.5. The largest absolute Gasteiger partial charge is 0.480 e. The van der Waals surface area contributed by atoms with Gasteiger partial charge in [0.2, 0.25) is 4.75 Å². The van der Waals surface area contributed by atoms with E-state index in [4.69, 9.17) is 38.3 Å². The molecule has 1 unspecified atom stereocenters. The number of nitrogens with one attached hydrogen (secondary N) is 1. The Kier molecular flexibility index (Phi) is 3.35. The number of hydrogen-bond acceptors (Lipinski definition) is 4. The maximum atomic E-state index is 11.2. The molecular formula is C7H7Cl2NO5S. The molecule has 0 spiro atoms. The van der Waals surface area contributed by atoms with Crippen LogP contribution in [0, 0.1) is 5.41 Å². The Morgan fingerprint density at radius 1 is 1.44 bits per heavy atom. The maximum Gasteiger partial charge on any atom is 0.333 e. The lowest BCUT2D eigenvalue weighted by Gasteiger charge is -2.30. The van der Waals surface area contributed by atoms with E-state index in [1.54, 1.807) is 0 Å². The van der Waals surface area contributed by atoms with Crippen molar-refractivity contribution in [3.63, 3.8) is 0 Å². The van der Waals surface area contributed by atoms with Gasteiger partial charge in [0.1, 0.15) is 0 Å². The molecule has 1 atom stereocenters. The molecule has 0 aliphatic heterocycles. The number of aliphatic carboxylic acids is 1. The van der Waals surface area contributed by atoms with Crippen LogP contribution in [0.2, 0.25) is 0 Å². The SMILES string of the molecule is N=C1CC(Cl)=C(Cl)C(C(=O)O)(S(=O)(=O)O)C1. The quantitative estimate of drug-likeness (QED) is 0.660. The Bertz CT molecular complexity index is 497. The fourth-order valence-corrected chi connectivity index (χ4v) is 3.22. The number of rotatable bonds is 2. The lowest BCUT2D eigenvalue weighted by atomic mass is 9.93. The Labute approximate surface area is 101 Å². The van der Waals surface area contributed by atoms with Crippen molar-refractivity contribution in [3.05, 3.63) is 10.1 Å². The van der Waals surface area contributed by atoms with Crippen LogP contribution < -0.4 is 0 Å². The number of carboxylic acid groups (broad SMARTS) is 1. The van der Waals surface area contributed by atoms with E-state index in [1.807, 2.05) is 0 Å². The van der Waals surface area contributed by atoms with E-state index in [9.17, 15) is 13.2 Å². The molecule has 0 bridgehead atoms. The average molecular weight is 288 g/mol. The first-order valence-electron chi connectivity index (χ1n) is 3.94. The molecule has 16 heavy (non-hydrogen) atoms. The first kappa shape index (κ1) is 13.4. The third kappa shape index (κ3) is 1.84. The van der Waals surface area contributed by atoms with Crippen LogP contribution in [-0.4, -0.2) is 34.5 Å². The minimum absolute atomic E-state index is 0.120. The normalized spacial score (nSPS) is 27.1. The van der Waals surface area contributed by atoms with E-state index in [0.29, 0.717) is 0 Å². The van der Waals surface area contributed by atoms with Gasteiger partial charge in [0, 0.05) is 23.6 Å². The van der Waals surface area contributed by atoms with Gasteiger partial charge >= 0.3 is 5.97 Å². The molecule has 0 aromatic rings. The predicted octanol–water partition coefficient (Wildman–Crippen LogP) is 1.20. The molecule has 0 amide bonds. The van der Waals surface area contributed by atoms with Crippen molar-refractivity contribution in [3.8, 4) is 0 Å².